The second kappa shape index (κ2) is 7.73. The summed E-state index contributed by atoms with van der Waals surface area (Å²) in [5, 5.41) is 8.74. The molecule has 142 valence electrons. The predicted octanol–water partition coefficient (Wildman–Crippen LogP) is 0.134. The third-order valence-electron chi connectivity index (χ3n) is 4.74. The highest BCUT2D eigenvalue weighted by molar-refractivity contribution is 7.89. The van der Waals surface area contributed by atoms with Gasteiger partial charge in [-0.2, -0.15) is 4.31 Å². The van der Waals surface area contributed by atoms with Gasteiger partial charge in [0.25, 0.3) is 0 Å². The minimum Gasteiger partial charge on any atom is -0.354 e. The molecule has 26 heavy (non-hydrogen) atoms. The molecule has 0 aliphatic carbocycles. The lowest BCUT2D eigenvalue weighted by Gasteiger charge is -2.27. The van der Waals surface area contributed by atoms with Crippen molar-refractivity contribution in [2.24, 2.45) is 5.92 Å². The van der Waals surface area contributed by atoms with E-state index in [4.69, 9.17) is 0 Å². The third kappa shape index (κ3) is 4.22. The zero-order valence-electron chi connectivity index (χ0n) is 14.7. The van der Waals surface area contributed by atoms with Crippen molar-refractivity contribution in [2.75, 3.05) is 31.5 Å². The molecule has 2 aliphatic rings. The first-order chi connectivity index (χ1) is 12.4. The SMILES string of the molecule is C[C@H]1C[C@@H](C(=O)Nc2cccc(S(=O)(=O)N3CCNC(=O)C3)c2)CCN1. The fraction of sp³-hybridized carbons (Fsp3) is 0.529. The minimum atomic E-state index is -3.78. The Morgan fingerprint density at radius 2 is 2.12 bits per heavy atom. The molecule has 0 saturated carbocycles. The van der Waals surface area contributed by atoms with Gasteiger partial charge in [-0.05, 0) is 44.5 Å². The van der Waals surface area contributed by atoms with Gasteiger partial charge in [-0.3, -0.25) is 9.59 Å². The molecule has 2 heterocycles. The number of rotatable bonds is 4. The zero-order valence-corrected chi connectivity index (χ0v) is 15.5. The van der Waals surface area contributed by atoms with Crippen LogP contribution in [0.3, 0.4) is 0 Å². The molecule has 0 bridgehead atoms. The highest BCUT2D eigenvalue weighted by Crippen LogP contribution is 2.22. The minimum absolute atomic E-state index is 0.0729. The number of hydrogen-bond acceptors (Lipinski definition) is 5. The first kappa shape index (κ1) is 18.8. The summed E-state index contributed by atoms with van der Waals surface area (Å²) in [5.41, 5.74) is 0.448. The zero-order chi connectivity index (χ0) is 18.7. The van der Waals surface area contributed by atoms with Crippen LogP contribution in [0.4, 0.5) is 5.69 Å². The maximum atomic E-state index is 12.7. The molecule has 0 unspecified atom stereocenters. The van der Waals surface area contributed by atoms with E-state index >= 15 is 0 Å². The van der Waals surface area contributed by atoms with E-state index in [-0.39, 0.29) is 41.8 Å². The van der Waals surface area contributed by atoms with E-state index in [0.717, 1.165) is 23.7 Å². The number of amides is 2. The fourth-order valence-corrected chi connectivity index (χ4v) is 4.76. The van der Waals surface area contributed by atoms with Crippen LogP contribution in [0.25, 0.3) is 0 Å². The lowest BCUT2D eigenvalue weighted by atomic mass is 9.92. The number of carbonyl (C=O) groups is 2. The molecule has 0 radical (unpaired) electrons. The van der Waals surface area contributed by atoms with Gasteiger partial charge in [-0.25, -0.2) is 8.42 Å². The van der Waals surface area contributed by atoms with Crippen molar-refractivity contribution >= 4 is 27.5 Å². The maximum absolute atomic E-state index is 12.7. The monoisotopic (exact) mass is 380 g/mol. The smallest absolute Gasteiger partial charge is 0.243 e. The predicted molar refractivity (Wildman–Crippen MR) is 97.0 cm³/mol. The number of nitrogens with zero attached hydrogens (tertiary/aromatic N) is 1. The van der Waals surface area contributed by atoms with Crippen molar-refractivity contribution in [3.8, 4) is 0 Å². The molecule has 0 aromatic heterocycles. The van der Waals surface area contributed by atoms with Gasteiger partial charge in [0.15, 0.2) is 0 Å². The summed E-state index contributed by atoms with van der Waals surface area (Å²) in [6.07, 6.45) is 1.52. The summed E-state index contributed by atoms with van der Waals surface area (Å²) in [6, 6.07) is 6.48. The number of carbonyl (C=O) groups excluding carboxylic acids is 2. The number of piperazine rings is 1. The molecule has 8 nitrogen and oxygen atoms in total. The molecule has 1 aromatic rings. The Labute approximate surface area is 153 Å². The van der Waals surface area contributed by atoms with Crippen LogP contribution < -0.4 is 16.0 Å². The van der Waals surface area contributed by atoms with Crippen LogP contribution in [0, 0.1) is 5.92 Å². The molecule has 3 rings (SSSR count). The molecular weight excluding hydrogens is 356 g/mol. The molecular formula is C17H24N4O4S. The van der Waals surface area contributed by atoms with Crippen LogP contribution in [0.15, 0.2) is 29.2 Å². The summed E-state index contributed by atoms with van der Waals surface area (Å²) in [7, 11) is -3.78. The summed E-state index contributed by atoms with van der Waals surface area (Å²) in [5.74, 6) is -0.494. The molecule has 9 heteroatoms. The summed E-state index contributed by atoms with van der Waals surface area (Å²) in [4.78, 5) is 24.0. The Kier molecular flexibility index (Phi) is 5.59. The Bertz CT molecular complexity index is 796. The van der Waals surface area contributed by atoms with E-state index in [0.29, 0.717) is 12.2 Å². The van der Waals surface area contributed by atoms with E-state index in [9.17, 15) is 18.0 Å². The number of nitrogens with one attached hydrogen (secondary N) is 3. The second-order valence-electron chi connectivity index (χ2n) is 6.78. The van der Waals surface area contributed by atoms with Crippen LogP contribution in [-0.2, 0) is 19.6 Å². The largest absolute Gasteiger partial charge is 0.354 e. The van der Waals surface area contributed by atoms with E-state index in [1.54, 1.807) is 12.1 Å². The number of sulfonamides is 1. The van der Waals surface area contributed by atoms with Gasteiger partial charge in [0.1, 0.15) is 0 Å². The van der Waals surface area contributed by atoms with Crippen LogP contribution in [0.2, 0.25) is 0 Å². The molecule has 2 atom stereocenters. The van der Waals surface area contributed by atoms with Crippen LogP contribution in [0.5, 0.6) is 0 Å². The Hall–Kier alpha value is -1.97. The van der Waals surface area contributed by atoms with Crippen LogP contribution >= 0.6 is 0 Å². The van der Waals surface area contributed by atoms with Crippen molar-refractivity contribution in [3.63, 3.8) is 0 Å². The molecule has 2 fully saturated rings. The molecule has 1 aromatic carbocycles. The van der Waals surface area contributed by atoms with Crippen molar-refractivity contribution in [1.82, 2.24) is 14.9 Å². The van der Waals surface area contributed by atoms with E-state index < -0.39 is 10.0 Å². The molecule has 2 saturated heterocycles. The lowest BCUT2D eigenvalue weighted by molar-refractivity contribution is -0.122. The Morgan fingerprint density at radius 3 is 2.85 bits per heavy atom. The van der Waals surface area contributed by atoms with Gasteiger partial charge in [0, 0.05) is 30.7 Å². The lowest BCUT2D eigenvalue weighted by Crippen LogP contribution is -2.49. The number of piperidine rings is 1. The second-order valence-corrected chi connectivity index (χ2v) is 8.72. The molecule has 2 amide bonds. The summed E-state index contributed by atoms with van der Waals surface area (Å²) < 4.78 is 26.6. The van der Waals surface area contributed by atoms with E-state index in [1.807, 2.05) is 6.92 Å². The van der Waals surface area contributed by atoms with Crippen LogP contribution in [0.1, 0.15) is 19.8 Å². The average Bonchev–Trinajstić information content (AvgIpc) is 2.62. The molecule has 3 N–H and O–H groups in total. The Balaban J connectivity index is 1.73. The fourth-order valence-electron chi connectivity index (χ4n) is 3.32. The Morgan fingerprint density at radius 1 is 1.31 bits per heavy atom. The van der Waals surface area contributed by atoms with Gasteiger partial charge in [-0.1, -0.05) is 6.07 Å². The van der Waals surface area contributed by atoms with Gasteiger partial charge in [-0.15, -0.1) is 0 Å². The highest BCUT2D eigenvalue weighted by atomic mass is 32.2. The van der Waals surface area contributed by atoms with Crippen molar-refractivity contribution < 1.29 is 18.0 Å². The highest BCUT2D eigenvalue weighted by Gasteiger charge is 2.30. The van der Waals surface area contributed by atoms with Crippen LogP contribution in [-0.4, -0.2) is 56.8 Å². The first-order valence-corrected chi connectivity index (χ1v) is 10.2. The van der Waals surface area contributed by atoms with Crippen molar-refractivity contribution in [3.05, 3.63) is 24.3 Å². The van der Waals surface area contributed by atoms with Gasteiger partial charge in [0.2, 0.25) is 21.8 Å². The van der Waals surface area contributed by atoms with E-state index in [2.05, 4.69) is 16.0 Å². The normalized spacial score (nSPS) is 24.7. The van der Waals surface area contributed by atoms with Crippen molar-refractivity contribution in [1.29, 1.82) is 0 Å². The van der Waals surface area contributed by atoms with Gasteiger partial charge in [0.05, 0.1) is 11.4 Å². The van der Waals surface area contributed by atoms with Gasteiger partial charge < -0.3 is 16.0 Å². The topological polar surface area (TPSA) is 108 Å². The molecule has 0 spiro atoms. The molecule has 2 aliphatic heterocycles. The standard InChI is InChI=1S/C17H24N4O4S/c1-12-9-13(5-6-18-12)17(23)20-14-3-2-4-15(10-14)26(24,25)21-8-7-19-16(22)11-21/h2-4,10,12-13,18H,5-9,11H2,1H3,(H,19,22)(H,20,23)/t12-,13-/m0/s1. The average molecular weight is 380 g/mol. The van der Waals surface area contributed by atoms with Crippen molar-refractivity contribution in [2.45, 2.75) is 30.7 Å². The summed E-state index contributed by atoms with van der Waals surface area (Å²) >= 11 is 0. The third-order valence-corrected chi connectivity index (χ3v) is 6.58. The number of anilines is 1. The number of hydrogen-bond donors (Lipinski definition) is 3. The summed E-state index contributed by atoms with van der Waals surface area (Å²) in [6.45, 7) is 3.18. The number of benzene rings is 1. The first-order valence-electron chi connectivity index (χ1n) is 8.77. The van der Waals surface area contributed by atoms with E-state index in [1.165, 1.54) is 12.1 Å². The quantitative estimate of drug-likeness (QED) is 0.688. The van der Waals surface area contributed by atoms with Gasteiger partial charge >= 0.3 is 0 Å². The maximum Gasteiger partial charge on any atom is 0.243 e.